The number of benzene rings is 1. The molecule has 2 N–H and O–H groups in total. The summed E-state index contributed by atoms with van der Waals surface area (Å²) in [6, 6.07) is 11.5. The third kappa shape index (κ3) is 3.40. The average Bonchev–Trinajstić information content (AvgIpc) is 2.77. The molecule has 1 aliphatic heterocycles. The minimum atomic E-state index is -0.631. The highest BCUT2D eigenvalue weighted by atomic mass is 35.5. The summed E-state index contributed by atoms with van der Waals surface area (Å²) in [5, 5.41) is 14.3. The zero-order chi connectivity index (χ0) is 15.4. The van der Waals surface area contributed by atoms with Crippen LogP contribution in [0.5, 0.6) is 5.75 Å². The number of aromatic nitrogens is 1. The molecule has 2 unspecified atom stereocenters. The van der Waals surface area contributed by atoms with Gasteiger partial charge in [-0.15, -0.1) is 0 Å². The van der Waals surface area contributed by atoms with E-state index in [4.69, 9.17) is 16.3 Å². The van der Waals surface area contributed by atoms with Gasteiger partial charge in [0.15, 0.2) is 0 Å². The van der Waals surface area contributed by atoms with Crippen LogP contribution in [0.1, 0.15) is 36.2 Å². The van der Waals surface area contributed by atoms with Gasteiger partial charge in [0.1, 0.15) is 11.9 Å². The minimum absolute atomic E-state index is 0.120. The molecule has 0 fully saturated rings. The number of rotatable bonds is 4. The molecule has 2 atom stereocenters. The molecule has 1 aromatic heterocycles. The minimum Gasteiger partial charge on any atom is -0.492 e. The molecule has 116 valence electrons. The lowest BCUT2D eigenvalue weighted by Gasteiger charge is -2.20. The molecule has 0 saturated carbocycles. The Morgan fingerprint density at radius 2 is 2.23 bits per heavy atom. The Labute approximate surface area is 135 Å². The van der Waals surface area contributed by atoms with E-state index in [1.165, 1.54) is 0 Å². The third-order valence-corrected chi connectivity index (χ3v) is 4.14. The first-order valence-corrected chi connectivity index (χ1v) is 7.87. The molecular weight excluding hydrogens is 300 g/mol. The second-order valence-electron chi connectivity index (χ2n) is 5.38. The number of pyridine rings is 1. The Kier molecular flexibility index (Phi) is 4.93. The number of fused-ring (bicyclic) bond motifs is 1. The first-order chi connectivity index (χ1) is 10.8. The standard InChI is InChI=1S/C17H19ClN2O2/c18-13-6-3-5-12-14(8-4-10-22-17(12)13)20-11-16(21)15-7-1-2-9-19-15/h1-3,5-7,9,14,16,20-21H,4,8,10-11H2. The number of nitrogens with one attached hydrogen (secondary N) is 1. The van der Waals surface area contributed by atoms with Gasteiger partial charge in [0.25, 0.3) is 0 Å². The van der Waals surface area contributed by atoms with Gasteiger partial charge < -0.3 is 15.2 Å². The molecule has 0 aliphatic carbocycles. The Balaban J connectivity index is 1.72. The van der Waals surface area contributed by atoms with Gasteiger partial charge in [-0.25, -0.2) is 0 Å². The first kappa shape index (κ1) is 15.3. The number of halogens is 1. The van der Waals surface area contributed by atoms with E-state index < -0.39 is 6.10 Å². The lowest BCUT2D eigenvalue weighted by Crippen LogP contribution is -2.26. The molecule has 2 aromatic rings. The number of hydrogen-bond acceptors (Lipinski definition) is 4. The number of ether oxygens (including phenoxy) is 1. The van der Waals surface area contributed by atoms with E-state index in [0.717, 1.165) is 24.2 Å². The van der Waals surface area contributed by atoms with E-state index in [1.807, 2.05) is 36.4 Å². The second kappa shape index (κ2) is 7.09. The van der Waals surface area contributed by atoms with Crippen molar-refractivity contribution >= 4 is 11.6 Å². The number of nitrogens with zero attached hydrogens (tertiary/aromatic N) is 1. The van der Waals surface area contributed by atoms with Crippen LogP contribution in [-0.4, -0.2) is 23.2 Å². The van der Waals surface area contributed by atoms with Crippen LogP contribution in [0.2, 0.25) is 5.02 Å². The van der Waals surface area contributed by atoms with Crippen molar-refractivity contribution in [2.45, 2.75) is 25.0 Å². The average molecular weight is 319 g/mol. The van der Waals surface area contributed by atoms with Crippen molar-refractivity contribution in [3.8, 4) is 5.75 Å². The molecule has 0 bridgehead atoms. The Bertz CT molecular complexity index is 621. The fraction of sp³-hybridized carbons (Fsp3) is 0.353. The first-order valence-electron chi connectivity index (χ1n) is 7.49. The summed E-state index contributed by atoms with van der Waals surface area (Å²) in [6.45, 7) is 1.10. The van der Waals surface area contributed by atoms with E-state index >= 15 is 0 Å². The van der Waals surface area contributed by atoms with Crippen molar-refractivity contribution in [3.63, 3.8) is 0 Å². The van der Waals surface area contributed by atoms with E-state index in [0.29, 0.717) is 23.9 Å². The Morgan fingerprint density at radius 1 is 1.32 bits per heavy atom. The van der Waals surface area contributed by atoms with Crippen LogP contribution < -0.4 is 10.1 Å². The largest absolute Gasteiger partial charge is 0.492 e. The summed E-state index contributed by atoms with van der Waals surface area (Å²) >= 11 is 6.23. The Hall–Kier alpha value is -1.62. The summed E-state index contributed by atoms with van der Waals surface area (Å²) in [7, 11) is 0. The van der Waals surface area contributed by atoms with Crippen molar-refractivity contribution in [2.75, 3.05) is 13.2 Å². The van der Waals surface area contributed by atoms with Gasteiger partial charge in [-0.05, 0) is 31.0 Å². The van der Waals surface area contributed by atoms with Crippen molar-refractivity contribution < 1.29 is 9.84 Å². The fourth-order valence-corrected chi connectivity index (χ4v) is 2.95. The van der Waals surface area contributed by atoms with E-state index in [1.54, 1.807) is 6.20 Å². The number of para-hydroxylation sites is 1. The lowest BCUT2D eigenvalue weighted by molar-refractivity contribution is 0.164. The quantitative estimate of drug-likeness (QED) is 0.908. The summed E-state index contributed by atoms with van der Waals surface area (Å²) in [5.41, 5.74) is 1.73. The van der Waals surface area contributed by atoms with Gasteiger partial charge in [0.05, 0.1) is 17.3 Å². The van der Waals surface area contributed by atoms with Gasteiger partial charge in [-0.3, -0.25) is 4.98 Å². The molecule has 2 heterocycles. The molecule has 22 heavy (non-hydrogen) atoms. The molecule has 1 aliphatic rings. The third-order valence-electron chi connectivity index (χ3n) is 3.84. The molecule has 3 rings (SSSR count). The second-order valence-corrected chi connectivity index (χ2v) is 5.79. The Morgan fingerprint density at radius 3 is 3.05 bits per heavy atom. The number of aliphatic hydroxyl groups is 1. The highest BCUT2D eigenvalue weighted by molar-refractivity contribution is 6.32. The van der Waals surface area contributed by atoms with Crippen LogP contribution in [0.4, 0.5) is 0 Å². The lowest BCUT2D eigenvalue weighted by atomic mass is 10.0. The van der Waals surface area contributed by atoms with E-state index in [2.05, 4.69) is 10.3 Å². The predicted molar refractivity (Wildman–Crippen MR) is 86.1 cm³/mol. The van der Waals surface area contributed by atoms with Crippen LogP contribution in [0.15, 0.2) is 42.6 Å². The predicted octanol–water partition coefficient (Wildman–Crippen LogP) is 3.27. The number of hydrogen-bond donors (Lipinski definition) is 2. The van der Waals surface area contributed by atoms with E-state index in [9.17, 15) is 5.11 Å². The van der Waals surface area contributed by atoms with Crippen molar-refractivity contribution in [1.82, 2.24) is 10.3 Å². The summed E-state index contributed by atoms with van der Waals surface area (Å²) < 4.78 is 5.75. The molecular formula is C17H19ClN2O2. The van der Waals surface area contributed by atoms with Gasteiger partial charge in [0.2, 0.25) is 0 Å². The fourth-order valence-electron chi connectivity index (χ4n) is 2.71. The normalized spacial score (nSPS) is 18.9. The maximum atomic E-state index is 10.2. The molecule has 1 aromatic carbocycles. The van der Waals surface area contributed by atoms with Crippen molar-refractivity contribution in [3.05, 3.63) is 58.9 Å². The van der Waals surface area contributed by atoms with Crippen LogP contribution in [0.3, 0.4) is 0 Å². The molecule has 0 spiro atoms. The van der Waals surface area contributed by atoms with E-state index in [-0.39, 0.29) is 6.04 Å². The summed E-state index contributed by atoms with van der Waals surface area (Å²) in [6.07, 6.45) is 2.95. The molecule has 0 amide bonds. The van der Waals surface area contributed by atoms with Gasteiger partial charge >= 0.3 is 0 Å². The van der Waals surface area contributed by atoms with Gasteiger partial charge in [-0.1, -0.05) is 29.8 Å². The smallest absolute Gasteiger partial charge is 0.142 e. The zero-order valence-corrected chi connectivity index (χ0v) is 13.0. The monoisotopic (exact) mass is 318 g/mol. The molecule has 4 nitrogen and oxygen atoms in total. The highest BCUT2D eigenvalue weighted by Crippen LogP contribution is 2.36. The van der Waals surface area contributed by atoms with Crippen molar-refractivity contribution in [1.29, 1.82) is 0 Å². The summed E-state index contributed by atoms with van der Waals surface area (Å²) in [5.74, 6) is 0.756. The SMILES string of the molecule is OC(CNC1CCCOc2c(Cl)cccc21)c1ccccn1. The van der Waals surface area contributed by atoms with Crippen LogP contribution >= 0.6 is 11.6 Å². The molecule has 0 saturated heterocycles. The highest BCUT2D eigenvalue weighted by Gasteiger charge is 2.22. The maximum Gasteiger partial charge on any atom is 0.142 e. The topological polar surface area (TPSA) is 54.4 Å². The zero-order valence-electron chi connectivity index (χ0n) is 12.2. The van der Waals surface area contributed by atoms with Crippen molar-refractivity contribution in [2.24, 2.45) is 0 Å². The van der Waals surface area contributed by atoms with Crippen LogP contribution in [0, 0.1) is 0 Å². The van der Waals surface area contributed by atoms with Crippen LogP contribution in [-0.2, 0) is 0 Å². The summed E-state index contributed by atoms with van der Waals surface area (Å²) in [4.78, 5) is 4.18. The van der Waals surface area contributed by atoms with Gasteiger partial charge in [0, 0.05) is 24.3 Å². The molecule has 5 heteroatoms. The molecule has 0 radical (unpaired) electrons. The maximum absolute atomic E-state index is 10.2. The number of aliphatic hydroxyl groups excluding tert-OH is 1. The van der Waals surface area contributed by atoms with Gasteiger partial charge in [-0.2, -0.15) is 0 Å². The van der Waals surface area contributed by atoms with Crippen LogP contribution in [0.25, 0.3) is 0 Å².